The number of benzene rings is 2. The number of carbonyl (C=O) groups is 2. The number of aromatic carboxylic acids is 1. The third-order valence-corrected chi connectivity index (χ3v) is 14.9. The van der Waals surface area contributed by atoms with Gasteiger partial charge in [0.25, 0.3) is 8.32 Å². The molecule has 4 rings (SSSR count). The third kappa shape index (κ3) is 9.26. The van der Waals surface area contributed by atoms with Crippen LogP contribution in [-0.4, -0.2) is 59.4 Å². The quantitative estimate of drug-likeness (QED) is 0.108. The molecule has 0 spiro atoms. The van der Waals surface area contributed by atoms with Gasteiger partial charge in [0.05, 0.1) is 0 Å². The average molecular weight is 744 g/mol. The highest BCUT2D eigenvalue weighted by atomic mass is 35.5. The van der Waals surface area contributed by atoms with Crippen LogP contribution in [-0.2, 0) is 22.0 Å². The van der Waals surface area contributed by atoms with Gasteiger partial charge in [-0.3, -0.25) is 4.90 Å². The fourth-order valence-corrected chi connectivity index (χ4v) is 11.9. The number of carboxylic acids is 1. The summed E-state index contributed by atoms with van der Waals surface area (Å²) in [5.74, 6) is -1.16. The van der Waals surface area contributed by atoms with Gasteiger partial charge in [0.1, 0.15) is 5.60 Å². The minimum atomic E-state index is -2.75. The fourth-order valence-electron chi connectivity index (χ4n) is 5.80. The maximum Gasteiger partial charge on any atom is 0.416 e. The summed E-state index contributed by atoms with van der Waals surface area (Å²) >= 11 is 13.7. The summed E-state index contributed by atoms with van der Waals surface area (Å²) in [4.78, 5) is 32.2. The minimum Gasteiger partial charge on any atom is -0.476 e. The lowest BCUT2D eigenvalue weighted by atomic mass is 10.1. The monoisotopic (exact) mass is 742 g/mol. The SMILES string of the molecule is Cc1c(Cl)nnc(Cl)c1CCCN(C(=O)OC(C)(C)C)c1nc(C(=O)O)c(CCCO[Si](c2ccccc2)(c2ccccc2)C(C)(C)C)s1. The van der Waals surface area contributed by atoms with Gasteiger partial charge in [-0.25, -0.2) is 14.6 Å². The Balaban J connectivity index is 1.58. The second kappa shape index (κ2) is 16.1. The predicted octanol–water partition coefficient (Wildman–Crippen LogP) is 8.13. The molecule has 0 saturated carbocycles. The Kier molecular flexibility index (Phi) is 12.6. The highest BCUT2D eigenvalue weighted by Crippen LogP contribution is 2.37. The first kappa shape index (κ1) is 38.4. The number of hydrogen-bond acceptors (Lipinski definition) is 8. The van der Waals surface area contributed by atoms with Crippen LogP contribution in [0.15, 0.2) is 60.7 Å². The van der Waals surface area contributed by atoms with Crippen molar-refractivity contribution in [3.05, 3.63) is 92.7 Å². The van der Waals surface area contributed by atoms with E-state index >= 15 is 0 Å². The molecule has 1 N–H and O–H groups in total. The molecular formula is C36H44Cl2N4O5SSi. The number of carbonyl (C=O) groups excluding carboxylic acids is 1. The molecule has 1 amide bonds. The van der Waals surface area contributed by atoms with E-state index in [9.17, 15) is 14.7 Å². The molecular weight excluding hydrogens is 699 g/mol. The predicted molar refractivity (Wildman–Crippen MR) is 200 cm³/mol. The van der Waals surface area contributed by atoms with Gasteiger partial charge in [-0.2, -0.15) is 0 Å². The Morgan fingerprint density at radius 2 is 1.45 bits per heavy atom. The van der Waals surface area contributed by atoms with E-state index in [0.717, 1.165) is 11.1 Å². The van der Waals surface area contributed by atoms with Crippen molar-refractivity contribution in [2.24, 2.45) is 0 Å². The van der Waals surface area contributed by atoms with E-state index in [4.69, 9.17) is 32.4 Å². The van der Waals surface area contributed by atoms with E-state index in [2.05, 4.69) is 60.2 Å². The molecule has 0 saturated heterocycles. The van der Waals surface area contributed by atoms with E-state index in [1.165, 1.54) is 26.6 Å². The number of halogens is 2. The molecule has 13 heteroatoms. The van der Waals surface area contributed by atoms with Crippen LogP contribution in [0.1, 0.15) is 80.9 Å². The van der Waals surface area contributed by atoms with Gasteiger partial charge < -0.3 is 14.3 Å². The van der Waals surface area contributed by atoms with Gasteiger partial charge >= 0.3 is 12.1 Å². The second-order valence-electron chi connectivity index (χ2n) is 13.8. The number of aryl methyl sites for hydroxylation is 1. The molecule has 2 aromatic heterocycles. The Labute approximate surface area is 303 Å². The molecule has 2 heterocycles. The molecule has 49 heavy (non-hydrogen) atoms. The van der Waals surface area contributed by atoms with Crippen molar-refractivity contribution in [3.63, 3.8) is 0 Å². The minimum absolute atomic E-state index is 0.0805. The van der Waals surface area contributed by atoms with Crippen molar-refractivity contribution in [2.75, 3.05) is 18.1 Å². The average Bonchev–Trinajstić information content (AvgIpc) is 3.46. The van der Waals surface area contributed by atoms with Crippen LogP contribution in [0.2, 0.25) is 15.3 Å². The molecule has 0 bridgehead atoms. The van der Waals surface area contributed by atoms with E-state index in [1.54, 1.807) is 20.8 Å². The third-order valence-electron chi connectivity index (χ3n) is 8.06. The number of carboxylic acid groups (broad SMARTS) is 1. The number of thiazole rings is 1. The molecule has 262 valence electrons. The Morgan fingerprint density at radius 1 is 0.878 bits per heavy atom. The summed E-state index contributed by atoms with van der Waals surface area (Å²) in [7, 11) is -2.75. The van der Waals surface area contributed by atoms with Crippen LogP contribution in [0.3, 0.4) is 0 Å². The first-order valence-electron chi connectivity index (χ1n) is 16.2. The van der Waals surface area contributed by atoms with Gasteiger partial charge in [-0.1, -0.05) is 105 Å². The fraction of sp³-hybridized carbons (Fsp3) is 0.417. The topological polar surface area (TPSA) is 115 Å². The highest BCUT2D eigenvalue weighted by Gasteiger charge is 2.50. The number of nitrogens with zero attached hydrogens (tertiary/aromatic N) is 4. The van der Waals surface area contributed by atoms with Crippen molar-refractivity contribution in [1.29, 1.82) is 0 Å². The normalized spacial score (nSPS) is 12.2. The van der Waals surface area contributed by atoms with Gasteiger partial charge in [-0.05, 0) is 79.9 Å². The first-order valence-corrected chi connectivity index (χ1v) is 19.7. The summed E-state index contributed by atoms with van der Waals surface area (Å²) in [6.45, 7) is 14.4. The number of anilines is 1. The van der Waals surface area contributed by atoms with Crippen LogP contribution in [0.5, 0.6) is 0 Å². The number of rotatable bonds is 13. The molecule has 4 aromatic rings. The zero-order valence-corrected chi connectivity index (χ0v) is 32.4. The van der Waals surface area contributed by atoms with Crippen LogP contribution in [0.25, 0.3) is 0 Å². The largest absolute Gasteiger partial charge is 0.476 e. The maximum absolute atomic E-state index is 13.5. The molecule has 9 nitrogen and oxygen atoms in total. The van der Waals surface area contributed by atoms with Crippen molar-refractivity contribution in [3.8, 4) is 0 Å². The summed E-state index contributed by atoms with van der Waals surface area (Å²) in [6, 6.07) is 20.8. The molecule has 0 fully saturated rings. The molecule has 0 radical (unpaired) electrons. The Morgan fingerprint density at radius 3 is 1.98 bits per heavy atom. The van der Waals surface area contributed by atoms with Gasteiger partial charge in [0, 0.05) is 18.0 Å². The second-order valence-corrected chi connectivity index (χ2v) is 19.9. The number of ether oxygens (including phenoxy) is 1. The standard InChI is InChI=1S/C36H44Cl2N4O5SSi/c1-24-27(31(38)41-40-30(24)37)20-14-22-42(34(45)47-35(2,3)4)33-39-29(32(43)44)28(48-33)21-15-23-46-49(36(5,6)7,25-16-10-8-11-17-25)26-18-12-9-13-19-26/h8-13,16-19H,14-15,20-23H2,1-7H3,(H,43,44). The van der Waals surface area contributed by atoms with Gasteiger partial charge in [-0.15, -0.1) is 21.5 Å². The Bertz CT molecular complexity index is 1700. The summed E-state index contributed by atoms with van der Waals surface area (Å²) in [6.07, 6.45) is 1.28. The van der Waals surface area contributed by atoms with E-state index in [0.29, 0.717) is 37.2 Å². The van der Waals surface area contributed by atoms with Crippen molar-refractivity contribution >= 4 is 70.4 Å². The van der Waals surface area contributed by atoms with Crippen molar-refractivity contribution in [2.45, 2.75) is 84.8 Å². The van der Waals surface area contributed by atoms with Gasteiger partial charge in [0.2, 0.25) is 0 Å². The van der Waals surface area contributed by atoms with Crippen LogP contribution in [0.4, 0.5) is 9.93 Å². The summed E-state index contributed by atoms with van der Waals surface area (Å²) in [5, 5.41) is 20.8. The van der Waals surface area contributed by atoms with Gasteiger partial charge in [0.15, 0.2) is 21.1 Å². The van der Waals surface area contributed by atoms with E-state index in [1.807, 2.05) is 43.3 Å². The first-order chi connectivity index (χ1) is 23.0. The van der Waals surface area contributed by atoms with E-state index in [-0.39, 0.29) is 32.7 Å². The lowest BCUT2D eigenvalue weighted by molar-refractivity contribution is 0.0577. The van der Waals surface area contributed by atoms with Crippen molar-refractivity contribution in [1.82, 2.24) is 15.2 Å². The van der Waals surface area contributed by atoms with Crippen molar-refractivity contribution < 1.29 is 23.9 Å². The summed E-state index contributed by atoms with van der Waals surface area (Å²) < 4.78 is 12.7. The molecule has 2 aromatic carbocycles. The molecule has 0 aliphatic carbocycles. The maximum atomic E-state index is 13.5. The molecule has 0 aliphatic rings. The zero-order valence-electron chi connectivity index (χ0n) is 29.0. The van der Waals surface area contributed by atoms with Crippen LogP contribution in [0, 0.1) is 6.92 Å². The summed E-state index contributed by atoms with van der Waals surface area (Å²) in [5.41, 5.74) is 0.599. The molecule has 0 unspecified atom stereocenters. The number of amides is 1. The zero-order chi connectivity index (χ0) is 36.0. The highest BCUT2D eigenvalue weighted by molar-refractivity contribution is 7.16. The smallest absolute Gasteiger partial charge is 0.416 e. The molecule has 0 aliphatic heterocycles. The van der Waals surface area contributed by atoms with Crippen LogP contribution < -0.4 is 15.3 Å². The lowest BCUT2D eigenvalue weighted by Crippen LogP contribution is -2.66. The number of aromatic nitrogens is 3. The number of hydrogen-bond donors (Lipinski definition) is 1. The van der Waals surface area contributed by atoms with E-state index < -0.39 is 26.0 Å². The lowest BCUT2D eigenvalue weighted by Gasteiger charge is -2.43. The Hall–Kier alpha value is -3.35. The van der Waals surface area contributed by atoms with Crippen LogP contribution >= 0.6 is 34.5 Å². The molecule has 0 atom stereocenters.